The largest absolute Gasteiger partial charge is 0.481 e. The van der Waals surface area contributed by atoms with E-state index >= 15 is 0 Å². The first-order chi connectivity index (χ1) is 12.4. The van der Waals surface area contributed by atoms with E-state index in [2.05, 4.69) is 5.32 Å². The van der Waals surface area contributed by atoms with E-state index in [9.17, 15) is 18.0 Å². The van der Waals surface area contributed by atoms with Crippen LogP contribution in [0.3, 0.4) is 0 Å². The first-order valence-corrected chi connectivity index (χ1v) is 10.5. The quantitative estimate of drug-likeness (QED) is 0.638. The lowest BCUT2D eigenvalue weighted by molar-refractivity contribution is -0.137. The fourth-order valence-electron chi connectivity index (χ4n) is 2.93. The average molecular weight is 382 g/mol. The van der Waals surface area contributed by atoms with Crippen LogP contribution in [0.25, 0.3) is 0 Å². The van der Waals surface area contributed by atoms with Crippen LogP contribution in [0.5, 0.6) is 0 Å². The van der Waals surface area contributed by atoms with Crippen molar-refractivity contribution in [3.05, 3.63) is 29.8 Å². The Morgan fingerprint density at radius 3 is 2.50 bits per heavy atom. The number of carboxylic acid groups (broad SMARTS) is 1. The van der Waals surface area contributed by atoms with Crippen molar-refractivity contribution in [1.82, 2.24) is 9.62 Å². The molecule has 144 valence electrons. The Labute approximate surface area is 154 Å². The number of rotatable bonds is 9. The van der Waals surface area contributed by atoms with Crippen LogP contribution < -0.4 is 5.32 Å². The lowest BCUT2D eigenvalue weighted by Crippen LogP contribution is -2.35. The van der Waals surface area contributed by atoms with Gasteiger partial charge in [0.1, 0.15) is 0 Å². The summed E-state index contributed by atoms with van der Waals surface area (Å²) in [6.07, 6.45) is 4.88. The van der Waals surface area contributed by atoms with Gasteiger partial charge in [0.25, 0.3) is 5.91 Å². The topological polar surface area (TPSA) is 104 Å². The molecule has 0 spiro atoms. The second-order valence-corrected chi connectivity index (χ2v) is 8.39. The van der Waals surface area contributed by atoms with E-state index in [-0.39, 0.29) is 17.2 Å². The first kappa shape index (κ1) is 20.4. The van der Waals surface area contributed by atoms with Gasteiger partial charge >= 0.3 is 5.97 Å². The fourth-order valence-corrected chi connectivity index (χ4v) is 4.50. The van der Waals surface area contributed by atoms with E-state index in [1.165, 1.54) is 16.4 Å². The lowest BCUT2D eigenvalue weighted by Gasteiger charge is -2.26. The molecule has 7 nitrogen and oxygen atoms in total. The number of carboxylic acids is 1. The fraction of sp³-hybridized carbons (Fsp3) is 0.556. The number of unbranched alkanes of at least 4 members (excludes halogenated alkanes) is 2. The Balaban J connectivity index is 1.91. The number of hydrogen-bond donors (Lipinski definition) is 2. The molecule has 8 heteroatoms. The number of sulfonamides is 1. The Hall–Kier alpha value is -1.93. The van der Waals surface area contributed by atoms with Crippen LogP contribution in [0.4, 0.5) is 0 Å². The molecule has 1 saturated heterocycles. The number of nitrogens with one attached hydrogen (secondary N) is 1. The maximum absolute atomic E-state index is 12.7. The minimum atomic E-state index is -3.56. The van der Waals surface area contributed by atoms with Crippen LogP contribution in [-0.4, -0.2) is 49.3 Å². The maximum atomic E-state index is 12.7. The summed E-state index contributed by atoms with van der Waals surface area (Å²) in [5.41, 5.74) is 0.314. The van der Waals surface area contributed by atoms with Gasteiger partial charge in [-0.1, -0.05) is 18.9 Å². The molecule has 1 heterocycles. The minimum absolute atomic E-state index is 0.129. The number of carbonyl (C=O) groups is 2. The second-order valence-electron chi connectivity index (χ2n) is 6.45. The SMILES string of the molecule is O=C(O)CCCCCNC(=O)c1cccc(S(=O)(=O)N2CCCCC2)c1. The molecule has 0 saturated carbocycles. The molecule has 1 aliphatic heterocycles. The monoisotopic (exact) mass is 382 g/mol. The molecular weight excluding hydrogens is 356 g/mol. The minimum Gasteiger partial charge on any atom is -0.481 e. The van der Waals surface area contributed by atoms with Gasteiger partial charge in [-0.2, -0.15) is 4.31 Å². The van der Waals surface area contributed by atoms with Gasteiger partial charge in [0.2, 0.25) is 10.0 Å². The highest BCUT2D eigenvalue weighted by atomic mass is 32.2. The normalized spacial score (nSPS) is 15.5. The molecule has 2 rings (SSSR count). The van der Waals surface area contributed by atoms with E-state index < -0.39 is 16.0 Å². The molecule has 0 unspecified atom stereocenters. The smallest absolute Gasteiger partial charge is 0.303 e. The Kier molecular flexibility index (Phi) is 7.59. The van der Waals surface area contributed by atoms with Crippen molar-refractivity contribution in [3.63, 3.8) is 0 Å². The number of nitrogens with zero attached hydrogens (tertiary/aromatic N) is 1. The highest BCUT2D eigenvalue weighted by Gasteiger charge is 2.26. The average Bonchev–Trinajstić information content (AvgIpc) is 2.65. The third kappa shape index (κ3) is 5.81. The first-order valence-electron chi connectivity index (χ1n) is 9.01. The molecule has 0 radical (unpaired) electrons. The summed E-state index contributed by atoms with van der Waals surface area (Å²) in [5.74, 6) is -1.14. The molecule has 1 aromatic rings. The van der Waals surface area contributed by atoms with E-state index in [4.69, 9.17) is 5.11 Å². The van der Waals surface area contributed by atoms with Crippen LogP contribution in [0, 0.1) is 0 Å². The second kappa shape index (κ2) is 9.68. The number of hydrogen-bond acceptors (Lipinski definition) is 4. The summed E-state index contributed by atoms with van der Waals surface area (Å²) < 4.78 is 26.9. The van der Waals surface area contributed by atoms with Gasteiger partial charge < -0.3 is 10.4 Å². The van der Waals surface area contributed by atoms with Gasteiger partial charge in [-0.15, -0.1) is 0 Å². The third-order valence-corrected chi connectivity index (χ3v) is 6.30. The van der Waals surface area contributed by atoms with Gasteiger partial charge in [0.05, 0.1) is 4.90 Å². The number of amides is 1. The zero-order valence-electron chi connectivity index (χ0n) is 14.8. The van der Waals surface area contributed by atoms with Crippen molar-refractivity contribution in [2.75, 3.05) is 19.6 Å². The molecule has 26 heavy (non-hydrogen) atoms. The maximum Gasteiger partial charge on any atom is 0.303 e. The van der Waals surface area contributed by atoms with Gasteiger partial charge in [0, 0.05) is 31.6 Å². The van der Waals surface area contributed by atoms with Gasteiger partial charge in [-0.25, -0.2) is 8.42 Å². The van der Waals surface area contributed by atoms with Gasteiger partial charge in [-0.05, 0) is 43.9 Å². The molecule has 0 aliphatic carbocycles. The van der Waals surface area contributed by atoms with E-state index in [1.807, 2.05) is 0 Å². The van der Waals surface area contributed by atoms with Crippen molar-refractivity contribution < 1.29 is 23.1 Å². The van der Waals surface area contributed by atoms with E-state index in [0.29, 0.717) is 38.0 Å². The number of carbonyl (C=O) groups excluding carboxylic acids is 1. The Morgan fingerprint density at radius 2 is 1.81 bits per heavy atom. The predicted molar refractivity (Wildman–Crippen MR) is 97.5 cm³/mol. The van der Waals surface area contributed by atoms with Crippen molar-refractivity contribution in [3.8, 4) is 0 Å². The van der Waals surface area contributed by atoms with Crippen molar-refractivity contribution >= 4 is 21.9 Å². The van der Waals surface area contributed by atoms with Crippen molar-refractivity contribution in [2.45, 2.75) is 49.8 Å². The molecule has 0 atom stereocenters. The summed E-state index contributed by atoms with van der Waals surface area (Å²) in [7, 11) is -3.56. The van der Waals surface area contributed by atoms with Gasteiger partial charge in [0.15, 0.2) is 0 Å². The summed E-state index contributed by atoms with van der Waals surface area (Å²) in [6.45, 7) is 1.48. The number of piperidine rings is 1. The summed E-state index contributed by atoms with van der Waals surface area (Å²) in [5, 5.41) is 11.3. The molecule has 1 aliphatic rings. The predicted octanol–water partition coefficient (Wildman–Crippen LogP) is 2.24. The summed E-state index contributed by atoms with van der Waals surface area (Å²) in [6, 6.07) is 6.11. The Morgan fingerprint density at radius 1 is 1.08 bits per heavy atom. The molecule has 0 bridgehead atoms. The zero-order chi connectivity index (χ0) is 19.0. The molecule has 1 amide bonds. The third-order valence-electron chi connectivity index (χ3n) is 4.40. The Bertz CT molecular complexity index is 727. The van der Waals surface area contributed by atoms with Crippen LogP contribution in [0.1, 0.15) is 55.3 Å². The summed E-state index contributed by atoms with van der Waals surface area (Å²) >= 11 is 0. The van der Waals surface area contributed by atoms with Crippen LogP contribution in [0.2, 0.25) is 0 Å². The van der Waals surface area contributed by atoms with Crippen LogP contribution >= 0.6 is 0 Å². The van der Waals surface area contributed by atoms with Crippen molar-refractivity contribution in [2.24, 2.45) is 0 Å². The molecule has 0 aromatic heterocycles. The molecule has 1 fully saturated rings. The van der Waals surface area contributed by atoms with Crippen molar-refractivity contribution in [1.29, 1.82) is 0 Å². The van der Waals surface area contributed by atoms with Crippen LogP contribution in [-0.2, 0) is 14.8 Å². The van der Waals surface area contributed by atoms with E-state index in [1.54, 1.807) is 12.1 Å². The number of aliphatic carboxylic acids is 1. The van der Waals surface area contributed by atoms with E-state index in [0.717, 1.165) is 25.7 Å². The standard InChI is InChI=1S/C18H26N2O5S/c21-17(22)10-3-1-4-11-19-18(23)15-8-7-9-16(14-15)26(24,25)20-12-5-2-6-13-20/h7-9,14H,1-6,10-13H2,(H,19,23)(H,21,22). The van der Waals surface area contributed by atoms with Gasteiger partial charge in [-0.3, -0.25) is 9.59 Å². The summed E-state index contributed by atoms with van der Waals surface area (Å²) in [4.78, 5) is 22.8. The highest BCUT2D eigenvalue weighted by molar-refractivity contribution is 7.89. The highest BCUT2D eigenvalue weighted by Crippen LogP contribution is 2.21. The molecule has 1 aromatic carbocycles. The zero-order valence-corrected chi connectivity index (χ0v) is 15.6. The van der Waals surface area contributed by atoms with Crippen LogP contribution in [0.15, 0.2) is 29.2 Å². The number of benzene rings is 1. The molecule has 2 N–H and O–H groups in total. The molecular formula is C18H26N2O5S. The lowest BCUT2D eigenvalue weighted by atomic mass is 10.2.